The number of rotatable bonds is 4. The van der Waals surface area contributed by atoms with Crippen LogP contribution in [0.25, 0.3) is 0 Å². The smallest absolute Gasteiger partial charge is 0.136 e. The Labute approximate surface area is 102 Å². The monoisotopic (exact) mass is 230 g/mol. The summed E-state index contributed by atoms with van der Waals surface area (Å²) in [5.74, 6) is 0.578. The molecule has 0 aliphatic heterocycles. The minimum absolute atomic E-state index is 0.177. The predicted molar refractivity (Wildman–Crippen MR) is 66.9 cm³/mol. The van der Waals surface area contributed by atoms with E-state index in [9.17, 15) is 9.59 Å². The summed E-state index contributed by atoms with van der Waals surface area (Å²) in [6, 6.07) is 7.96. The summed E-state index contributed by atoms with van der Waals surface area (Å²) >= 11 is 0. The van der Waals surface area contributed by atoms with Gasteiger partial charge in [-0.15, -0.1) is 0 Å². The minimum Gasteiger partial charge on any atom is -0.303 e. The Morgan fingerprint density at radius 2 is 1.94 bits per heavy atom. The quantitative estimate of drug-likeness (QED) is 0.745. The molecule has 1 aliphatic rings. The van der Waals surface area contributed by atoms with Crippen molar-refractivity contribution >= 4 is 12.1 Å². The van der Waals surface area contributed by atoms with Crippen LogP contribution in [-0.2, 0) is 22.4 Å². The molecule has 1 saturated carbocycles. The molecule has 90 valence electrons. The Morgan fingerprint density at radius 3 is 2.65 bits per heavy atom. The van der Waals surface area contributed by atoms with Crippen LogP contribution >= 0.6 is 0 Å². The summed E-state index contributed by atoms with van der Waals surface area (Å²) in [5.41, 5.74) is 2.24. The van der Waals surface area contributed by atoms with Gasteiger partial charge in [-0.3, -0.25) is 4.79 Å². The van der Waals surface area contributed by atoms with Crippen LogP contribution in [-0.4, -0.2) is 12.1 Å². The molecule has 2 heteroatoms. The van der Waals surface area contributed by atoms with E-state index in [0.29, 0.717) is 12.2 Å². The predicted octanol–water partition coefficient (Wildman–Crippen LogP) is 2.73. The van der Waals surface area contributed by atoms with Crippen molar-refractivity contribution < 1.29 is 9.59 Å². The van der Waals surface area contributed by atoms with Crippen molar-refractivity contribution in [3.05, 3.63) is 35.4 Å². The van der Waals surface area contributed by atoms with E-state index in [1.807, 2.05) is 24.3 Å². The molecule has 0 amide bonds. The molecule has 17 heavy (non-hydrogen) atoms. The summed E-state index contributed by atoms with van der Waals surface area (Å²) < 4.78 is 0. The summed E-state index contributed by atoms with van der Waals surface area (Å²) in [4.78, 5) is 22.4. The van der Waals surface area contributed by atoms with Gasteiger partial charge in [0.2, 0.25) is 0 Å². The molecule has 0 N–H and O–H groups in total. The van der Waals surface area contributed by atoms with Gasteiger partial charge in [-0.05, 0) is 30.4 Å². The van der Waals surface area contributed by atoms with Crippen molar-refractivity contribution in [2.24, 2.45) is 5.92 Å². The fraction of sp³-hybridized carbons (Fsp3) is 0.467. The van der Waals surface area contributed by atoms with Gasteiger partial charge in [0.25, 0.3) is 0 Å². The van der Waals surface area contributed by atoms with Crippen LogP contribution in [0.1, 0.15) is 36.8 Å². The first kappa shape index (κ1) is 12.0. The lowest BCUT2D eigenvalue weighted by atomic mass is 9.82. The highest BCUT2D eigenvalue weighted by Gasteiger charge is 2.22. The minimum atomic E-state index is 0.177. The fourth-order valence-electron chi connectivity index (χ4n) is 2.58. The van der Waals surface area contributed by atoms with Crippen molar-refractivity contribution in [3.8, 4) is 0 Å². The van der Waals surface area contributed by atoms with Crippen LogP contribution in [0.3, 0.4) is 0 Å². The van der Waals surface area contributed by atoms with E-state index in [0.717, 1.165) is 44.0 Å². The van der Waals surface area contributed by atoms with E-state index in [2.05, 4.69) is 0 Å². The third kappa shape index (κ3) is 3.02. The number of carbonyl (C=O) groups excluding carboxylic acids is 2. The largest absolute Gasteiger partial charge is 0.303 e. The zero-order chi connectivity index (χ0) is 12.1. The number of benzene rings is 1. The number of Topliss-reactive ketones (excluding diaryl/α,β-unsaturated/α-hetero) is 1. The lowest BCUT2D eigenvalue weighted by Crippen LogP contribution is -2.21. The molecule has 0 radical (unpaired) electrons. The highest BCUT2D eigenvalue weighted by atomic mass is 16.1. The van der Waals surface area contributed by atoms with Crippen molar-refractivity contribution in [2.45, 2.75) is 38.5 Å². The van der Waals surface area contributed by atoms with Gasteiger partial charge in [0.15, 0.2) is 0 Å². The Morgan fingerprint density at radius 1 is 1.18 bits per heavy atom. The fourth-order valence-corrected chi connectivity index (χ4v) is 2.58. The molecule has 0 saturated heterocycles. The molecule has 0 heterocycles. The van der Waals surface area contributed by atoms with Crippen molar-refractivity contribution in [1.29, 1.82) is 0 Å². The van der Waals surface area contributed by atoms with E-state index in [1.54, 1.807) is 0 Å². The van der Waals surface area contributed by atoms with Gasteiger partial charge in [-0.2, -0.15) is 0 Å². The Bertz CT molecular complexity index is 409. The standard InChI is InChI=1S/C15H18O2/c16-10-9-12-5-1-2-6-13(12)11-14-7-3-4-8-15(14)17/h1-2,5-6,10,14H,3-4,7-9,11H2. The molecule has 0 bridgehead atoms. The van der Waals surface area contributed by atoms with Crippen LogP contribution in [0.2, 0.25) is 0 Å². The maximum atomic E-state index is 11.8. The van der Waals surface area contributed by atoms with Crippen molar-refractivity contribution in [3.63, 3.8) is 0 Å². The molecule has 1 aromatic carbocycles. The normalized spacial score (nSPS) is 20.2. The average Bonchev–Trinajstić information content (AvgIpc) is 2.35. The Kier molecular flexibility index (Phi) is 4.08. The second kappa shape index (κ2) is 5.76. The van der Waals surface area contributed by atoms with Crippen LogP contribution in [0.4, 0.5) is 0 Å². The van der Waals surface area contributed by atoms with Gasteiger partial charge in [0.05, 0.1) is 0 Å². The molecule has 1 aliphatic carbocycles. The van der Waals surface area contributed by atoms with Gasteiger partial charge >= 0.3 is 0 Å². The Hall–Kier alpha value is -1.44. The topological polar surface area (TPSA) is 34.1 Å². The van der Waals surface area contributed by atoms with Gasteiger partial charge < -0.3 is 4.79 Å². The zero-order valence-electron chi connectivity index (χ0n) is 10.0. The first-order valence-corrected chi connectivity index (χ1v) is 6.34. The van der Waals surface area contributed by atoms with Crippen LogP contribution < -0.4 is 0 Å². The molecule has 1 aromatic rings. The summed E-state index contributed by atoms with van der Waals surface area (Å²) in [6.07, 6.45) is 6.15. The molecule has 2 rings (SSSR count). The maximum Gasteiger partial charge on any atom is 0.136 e. The molecule has 1 atom stereocenters. The first-order chi connectivity index (χ1) is 8.31. The van der Waals surface area contributed by atoms with Crippen LogP contribution in [0, 0.1) is 5.92 Å². The van der Waals surface area contributed by atoms with Crippen molar-refractivity contribution in [2.75, 3.05) is 0 Å². The van der Waals surface area contributed by atoms with E-state index in [-0.39, 0.29) is 5.92 Å². The third-order valence-corrected chi connectivity index (χ3v) is 3.57. The molecule has 2 nitrogen and oxygen atoms in total. The average molecular weight is 230 g/mol. The summed E-state index contributed by atoms with van der Waals surface area (Å²) in [7, 11) is 0. The number of hydrogen-bond acceptors (Lipinski definition) is 2. The number of hydrogen-bond donors (Lipinski definition) is 0. The third-order valence-electron chi connectivity index (χ3n) is 3.57. The maximum absolute atomic E-state index is 11.8. The number of ketones is 1. The Balaban J connectivity index is 2.11. The highest BCUT2D eigenvalue weighted by molar-refractivity contribution is 5.82. The van der Waals surface area contributed by atoms with Gasteiger partial charge in [-0.1, -0.05) is 30.7 Å². The first-order valence-electron chi connectivity index (χ1n) is 6.34. The molecule has 0 spiro atoms. The molecular formula is C15H18O2. The number of carbonyl (C=O) groups is 2. The number of aldehydes is 1. The summed E-state index contributed by atoms with van der Waals surface area (Å²) in [6.45, 7) is 0. The van der Waals surface area contributed by atoms with E-state index in [4.69, 9.17) is 0 Å². The van der Waals surface area contributed by atoms with E-state index >= 15 is 0 Å². The van der Waals surface area contributed by atoms with Crippen molar-refractivity contribution in [1.82, 2.24) is 0 Å². The molecule has 0 aromatic heterocycles. The second-order valence-electron chi connectivity index (χ2n) is 4.75. The molecular weight excluding hydrogens is 212 g/mol. The highest BCUT2D eigenvalue weighted by Crippen LogP contribution is 2.25. The van der Waals surface area contributed by atoms with Gasteiger partial charge in [0.1, 0.15) is 12.1 Å². The van der Waals surface area contributed by atoms with Gasteiger partial charge in [-0.25, -0.2) is 0 Å². The lowest BCUT2D eigenvalue weighted by molar-refractivity contribution is -0.124. The summed E-state index contributed by atoms with van der Waals surface area (Å²) in [5, 5.41) is 0. The SMILES string of the molecule is O=CCc1ccccc1CC1CCCCC1=O. The lowest BCUT2D eigenvalue weighted by Gasteiger charge is -2.21. The van der Waals surface area contributed by atoms with Crippen LogP contribution in [0.5, 0.6) is 0 Å². The van der Waals surface area contributed by atoms with Gasteiger partial charge in [0, 0.05) is 18.8 Å². The van der Waals surface area contributed by atoms with E-state index in [1.165, 1.54) is 5.56 Å². The zero-order valence-corrected chi connectivity index (χ0v) is 10.0. The molecule has 1 unspecified atom stereocenters. The van der Waals surface area contributed by atoms with E-state index < -0.39 is 0 Å². The second-order valence-corrected chi connectivity index (χ2v) is 4.75. The molecule has 1 fully saturated rings. The van der Waals surface area contributed by atoms with Crippen LogP contribution in [0.15, 0.2) is 24.3 Å².